The van der Waals surface area contributed by atoms with E-state index in [0.29, 0.717) is 10.5 Å². The van der Waals surface area contributed by atoms with E-state index in [2.05, 4.69) is 38.6 Å². The Balaban J connectivity index is 2.18. The van der Waals surface area contributed by atoms with Gasteiger partial charge in [-0.2, -0.15) is 4.72 Å². The van der Waals surface area contributed by atoms with E-state index in [9.17, 15) is 18.5 Å². The molecule has 0 heterocycles. The van der Waals surface area contributed by atoms with Gasteiger partial charge < -0.3 is 4.43 Å². The molecule has 0 fully saturated rings. The van der Waals surface area contributed by atoms with Crippen LogP contribution in [0.25, 0.3) is 0 Å². The first-order valence-corrected chi connectivity index (χ1v) is 17.7. The Kier molecular flexibility index (Phi) is 9.59. The Morgan fingerprint density at radius 3 is 1.95 bits per heavy atom. The summed E-state index contributed by atoms with van der Waals surface area (Å²) < 4.78 is 36.8. The standard InChI is InChI=1S/C28H36N2O5S2Si/c1-21-17-19-24(20-18-21)37(33,34)29-25(27(30(31)32)36-23-15-11-8-12-16-23)26(22-13-9-7-10-14-22)35-38(5,6)28(2,3)4/h7-20,25-27,29H,1-6H3/t25-,26+,27?/m1/s1. The topological polar surface area (TPSA) is 98.5 Å². The molecular formula is C28H36N2O5S2Si. The second-order valence-electron chi connectivity index (χ2n) is 10.8. The molecule has 3 aromatic carbocycles. The molecule has 1 N–H and O–H groups in total. The van der Waals surface area contributed by atoms with Crippen molar-refractivity contribution in [2.75, 3.05) is 0 Å². The average molecular weight is 573 g/mol. The minimum atomic E-state index is -4.12. The summed E-state index contributed by atoms with van der Waals surface area (Å²) in [6.45, 7) is 12.2. The summed E-state index contributed by atoms with van der Waals surface area (Å²) in [6, 6.07) is 23.3. The average Bonchev–Trinajstić information content (AvgIpc) is 2.85. The molecule has 0 aromatic heterocycles. The molecule has 0 spiro atoms. The minimum Gasteiger partial charge on any atom is -0.408 e. The highest BCUT2D eigenvalue weighted by Crippen LogP contribution is 2.42. The van der Waals surface area contributed by atoms with Crippen LogP contribution in [0.2, 0.25) is 18.1 Å². The predicted octanol–water partition coefficient (Wildman–Crippen LogP) is 6.80. The summed E-state index contributed by atoms with van der Waals surface area (Å²) in [7, 11) is -6.64. The van der Waals surface area contributed by atoms with Crippen molar-refractivity contribution in [3.63, 3.8) is 0 Å². The molecule has 1 unspecified atom stereocenters. The fourth-order valence-electron chi connectivity index (χ4n) is 3.61. The maximum absolute atomic E-state index is 13.6. The van der Waals surface area contributed by atoms with Crippen LogP contribution in [-0.2, 0) is 14.4 Å². The Morgan fingerprint density at radius 2 is 1.45 bits per heavy atom. The van der Waals surface area contributed by atoms with E-state index in [1.54, 1.807) is 36.4 Å². The van der Waals surface area contributed by atoms with Gasteiger partial charge in [0.05, 0.1) is 11.0 Å². The second-order valence-corrected chi connectivity index (χ2v) is 18.4. The molecule has 38 heavy (non-hydrogen) atoms. The highest BCUT2D eigenvalue weighted by molar-refractivity contribution is 7.99. The van der Waals surface area contributed by atoms with Gasteiger partial charge in [0.1, 0.15) is 6.04 Å². The number of nitrogens with zero attached hydrogens (tertiary/aromatic N) is 1. The van der Waals surface area contributed by atoms with E-state index < -0.39 is 40.8 Å². The van der Waals surface area contributed by atoms with Crippen LogP contribution in [0, 0.1) is 17.0 Å². The number of rotatable bonds is 11. The van der Waals surface area contributed by atoms with Crippen molar-refractivity contribution in [3.8, 4) is 0 Å². The van der Waals surface area contributed by atoms with E-state index in [-0.39, 0.29) is 9.93 Å². The zero-order valence-electron chi connectivity index (χ0n) is 22.6. The first-order valence-electron chi connectivity index (χ1n) is 12.4. The lowest BCUT2D eigenvalue weighted by Gasteiger charge is -2.41. The summed E-state index contributed by atoms with van der Waals surface area (Å²) in [6.07, 6.45) is -0.899. The molecule has 0 bridgehead atoms. The van der Waals surface area contributed by atoms with Crippen LogP contribution < -0.4 is 4.72 Å². The van der Waals surface area contributed by atoms with Crippen molar-refractivity contribution < 1.29 is 17.8 Å². The van der Waals surface area contributed by atoms with Crippen molar-refractivity contribution in [2.24, 2.45) is 0 Å². The normalized spacial score (nSPS) is 15.0. The van der Waals surface area contributed by atoms with E-state index in [1.807, 2.05) is 43.3 Å². The summed E-state index contributed by atoms with van der Waals surface area (Å²) in [5.74, 6) is 0. The number of benzene rings is 3. The maximum atomic E-state index is 13.6. The van der Waals surface area contributed by atoms with Crippen LogP contribution in [0.5, 0.6) is 0 Å². The smallest absolute Gasteiger partial charge is 0.281 e. The molecule has 3 rings (SSSR count). The molecule has 7 nitrogen and oxygen atoms in total. The third kappa shape index (κ3) is 7.54. The van der Waals surface area contributed by atoms with Gasteiger partial charge in [-0.1, -0.05) is 87.0 Å². The van der Waals surface area contributed by atoms with Gasteiger partial charge in [-0.15, -0.1) is 0 Å². The van der Waals surface area contributed by atoms with Crippen molar-refractivity contribution in [2.45, 2.75) is 73.1 Å². The monoisotopic (exact) mass is 572 g/mol. The molecule has 204 valence electrons. The Hall–Kier alpha value is -2.50. The van der Waals surface area contributed by atoms with Crippen molar-refractivity contribution in [3.05, 3.63) is 106 Å². The van der Waals surface area contributed by atoms with Gasteiger partial charge in [-0.3, -0.25) is 10.1 Å². The zero-order valence-corrected chi connectivity index (χ0v) is 25.3. The quantitative estimate of drug-likeness (QED) is 0.0892. The molecule has 0 aliphatic heterocycles. The number of nitro groups is 1. The fraction of sp³-hybridized carbons (Fsp3) is 0.357. The van der Waals surface area contributed by atoms with E-state index in [4.69, 9.17) is 4.43 Å². The fourth-order valence-corrected chi connectivity index (χ4v) is 7.24. The second kappa shape index (κ2) is 12.1. The zero-order chi connectivity index (χ0) is 28.1. The van der Waals surface area contributed by atoms with Gasteiger partial charge in [0.25, 0.3) is 5.37 Å². The van der Waals surface area contributed by atoms with Crippen LogP contribution in [0.1, 0.15) is 38.0 Å². The maximum Gasteiger partial charge on any atom is 0.281 e. The van der Waals surface area contributed by atoms with Gasteiger partial charge >= 0.3 is 0 Å². The van der Waals surface area contributed by atoms with E-state index in [0.717, 1.165) is 17.3 Å². The number of hydrogen-bond donors (Lipinski definition) is 1. The summed E-state index contributed by atoms with van der Waals surface area (Å²) in [5.41, 5.74) is 1.58. The van der Waals surface area contributed by atoms with Crippen LogP contribution in [0.15, 0.2) is 94.7 Å². The molecule has 3 atom stereocenters. The molecule has 0 aliphatic carbocycles. The highest BCUT2D eigenvalue weighted by atomic mass is 32.2. The summed E-state index contributed by atoms with van der Waals surface area (Å²) in [4.78, 5) is 12.9. The largest absolute Gasteiger partial charge is 0.408 e. The number of thioether (sulfide) groups is 1. The molecule has 10 heteroatoms. The van der Waals surface area contributed by atoms with E-state index in [1.165, 1.54) is 12.1 Å². The van der Waals surface area contributed by atoms with Gasteiger partial charge in [0, 0.05) is 9.82 Å². The lowest BCUT2D eigenvalue weighted by Crippen LogP contribution is -2.53. The van der Waals surface area contributed by atoms with Crippen molar-refractivity contribution in [1.29, 1.82) is 0 Å². The lowest BCUT2D eigenvalue weighted by atomic mass is 10.0. The number of hydrogen-bond acceptors (Lipinski definition) is 6. The van der Waals surface area contributed by atoms with Crippen LogP contribution in [0.4, 0.5) is 0 Å². The van der Waals surface area contributed by atoms with Gasteiger partial charge in [-0.05, 0) is 66.6 Å². The van der Waals surface area contributed by atoms with Crippen LogP contribution in [-0.4, -0.2) is 33.1 Å². The van der Waals surface area contributed by atoms with Gasteiger partial charge in [0.15, 0.2) is 8.32 Å². The molecule has 3 aromatic rings. The summed E-state index contributed by atoms with van der Waals surface area (Å²) in [5, 5.41) is 11.0. The molecule has 0 amide bonds. The Morgan fingerprint density at radius 1 is 0.921 bits per heavy atom. The van der Waals surface area contributed by atoms with E-state index >= 15 is 0 Å². The van der Waals surface area contributed by atoms with Crippen LogP contribution >= 0.6 is 11.8 Å². The Labute approximate surface area is 231 Å². The SMILES string of the molecule is Cc1ccc(S(=O)(=O)N[C@@H](C(Sc2ccccc2)[N+](=O)[O-])[C@@H](O[Si](C)(C)C(C)(C)C)c2ccccc2)cc1. The lowest BCUT2D eigenvalue weighted by molar-refractivity contribution is -0.500. The molecule has 0 radical (unpaired) electrons. The first-order chi connectivity index (χ1) is 17.7. The molecular weight excluding hydrogens is 537 g/mol. The number of sulfonamides is 1. The van der Waals surface area contributed by atoms with Crippen LogP contribution in [0.3, 0.4) is 0 Å². The minimum absolute atomic E-state index is 0.0408. The van der Waals surface area contributed by atoms with Crippen molar-refractivity contribution in [1.82, 2.24) is 4.72 Å². The van der Waals surface area contributed by atoms with Gasteiger partial charge in [-0.25, -0.2) is 8.42 Å². The first kappa shape index (κ1) is 30.0. The van der Waals surface area contributed by atoms with Crippen molar-refractivity contribution >= 4 is 30.1 Å². The molecule has 0 saturated heterocycles. The number of aryl methyl sites for hydroxylation is 1. The number of nitrogens with one attached hydrogen (secondary N) is 1. The summed E-state index contributed by atoms with van der Waals surface area (Å²) >= 11 is 1.01. The molecule has 0 aliphatic rings. The molecule has 0 saturated carbocycles. The Bertz CT molecular complexity index is 1310. The third-order valence-electron chi connectivity index (χ3n) is 6.82. The highest BCUT2D eigenvalue weighted by Gasteiger charge is 2.47. The predicted molar refractivity (Wildman–Crippen MR) is 156 cm³/mol. The van der Waals surface area contributed by atoms with Gasteiger partial charge in [0.2, 0.25) is 10.0 Å². The third-order valence-corrected chi connectivity index (χ3v) is 14.0.